The van der Waals surface area contributed by atoms with E-state index in [0.29, 0.717) is 102 Å². The molecule has 0 atom stereocenters. The van der Waals surface area contributed by atoms with Gasteiger partial charge < -0.3 is 38.5 Å². The highest BCUT2D eigenvalue weighted by molar-refractivity contribution is 5.83. The third-order valence-electron chi connectivity index (χ3n) is 30.4. The van der Waals surface area contributed by atoms with Crippen LogP contribution in [0.2, 0.25) is 0 Å². The SMILES string of the molecule is C=C1CCc2c(C(C)C)cccc2N1C(C)C.C=C1CCc2cc(C(C)C)ccc2N1C(C)C.C=C1CCc2ccc(C(C)C)cc2N1C(C)C.C=C1Cc2c(C(C)C)cccc2N1C(C)C.C=C1Cc2cc(C(C)C)ccc2N1C(C)C.C=C1Cc2ccc(C(C)C)cc2N1C(C)C.CC(C)c1ccc2c(ccn2C(C)C)c1.CC(C)c1cccc2c1CCN(C(C)C)C2.CC(C)n1ccc2ccc(C(C)(C)C)cc21. The summed E-state index contributed by atoms with van der Waals surface area (Å²) in [5.41, 5.74) is 43.6. The van der Waals surface area contributed by atoms with E-state index in [1.54, 1.807) is 16.7 Å². The minimum Gasteiger partial charge on any atom is -0.345 e. The highest BCUT2D eigenvalue weighted by Gasteiger charge is 2.33. The Balaban J connectivity index is 0.000000168. The second-order valence-corrected chi connectivity index (χ2v) is 48.5. The van der Waals surface area contributed by atoms with Crippen LogP contribution in [0.4, 0.5) is 34.1 Å². The van der Waals surface area contributed by atoms with Crippen molar-refractivity contribution < 1.29 is 0 Å². The number of nitrogens with zero attached hydrogens (tertiary/aromatic N) is 9. The number of anilines is 6. The van der Waals surface area contributed by atoms with Gasteiger partial charge in [0.1, 0.15) is 0 Å². The summed E-state index contributed by atoms with van der Waals surface area (Å²) in [5.74, 6) is 4.85. The summed E-state index contributed by atoms with van der Waals surface area (Å²) in [6.45, 7) is 111. The van der Waals surface area contributed by atoms with E-state index in [1.165, 1.54) is 181 Å². The van der Waals surface area contributed by atoms with Crippen molar-refractivity contribution in [2.75, 3.05) is 35.9 Å². The Morgan fingerprint density at radius 3 is 1.08 bits per heavy atom. The van der Waals surface area contributed by atoms with Crippen LogP contribution in [0.5, 0.6) is 0 Å². The Hall–Kier alpha value is -10.7. The lowest BCUT2D eigenvalue weighted by atomic mass is 9.87. The average Bonchev–Trinajstić information content (AvgIpc) is 1.50. The molecule has 0 saturated carbocycles. The largest absolute Gasteiger partial charge is 0.345 e. The highest BCUT2D eigenvalue weighted by Crippen LogP contribution is 2.46. The fourth-order valence-electron chi connectivity index (χ4n) is 22.3. The molecule has 788 valence electrons. The number of aryl methyl sites for hydroxylation is 2. The maximum absolute atomic E-state index is 4.22. The summed E-state index contributed by atoms with van der Waals surface area (Å²) in [4.78, 5) is 16.8. The topological polar surface area (TPSA) is 32.5 Å². The van der Waals surface area contributed by atoms with Gasteiger partial charge in [-0.1, -0.05) is 280 Å². The molecule has 0 bridgehead atoms. The van der Waals surface area contributed by atoms with Gasteiger partial charge in [-0.05, 0) is 394 Å². The van der Waals surface area contributed by atoms with Gasteiger partial charge in [-0.2, -0.15) is 0 Å². The molecule has 0 amide bonds. The first-order valence-corrected chi connectivity index (χ1v) is 56.3. The van der Waals surface area contributed by atoms with Gasteiger partial charge in [-0.3, -0.25) is 4.90 Å². The lowest BCUT2D eigenvalue weighted by Gasteiger charge is -2.37. The van der Waals surface area contributed by atoms with Gasteiger partial charge in [0.2, 0.25) is 0 Å². The summed E-state index contributed by atoms with van der Waals surface area (Å²) in [6, 6.07) is 70.4. The summed E-state index contributed by atoms with van der Waals surface area (Å²) in [5, 5.41) is 2.69. The van der Waals surface area contributed by atoms with Crippen LogP contribution in [0.1, 0.15) is 429 Å². The zero-order valence-corrected chi connectivity index (χ0v) is 98.5. The van der Waals surface area contributed by atoms with E-state index >= 15 is 0 Å². The number of hydrogen-bond acceptors (Lipinski definition) is 7. The molecule has 9 aromatic carbocycles. The highest BCUT2D eigenvalue weighted by atomic mass is 15.2. The van der Waals surface area contributed by atoms with Crippen molar-refractivity contribution >= 4 is 55.9 Å². The number of fused-ring (bicyclic) bond motifs is 9. The van der Waals surface area contributed by atoms with Gasteiger partial charge in [-0.25, -0.2) is 0 Å². The molecule has 18 rings (SSSR count). The quantitative estimate of drug-likeness (QED) is 0.0898. The van der Waals surface area contributed by atoms with Crippen LogP contribution in [0.3, 0.4) is 0 Å². The zero-order valence-electron chi connectivity index (χ0n) is 98.5. The predicted molar refractivity (Wildman–Crippen MR) is 647 cm³/mol. The first-order chi connectivity index (χ1) is 68.6. The van der Waals surface area contributed by atoms with Crippen LogP contribution in [0.15, 0.2) is 262 Å². The van der Waals surface area contributed by atoms with E-state index < -0.39 is 0 Å². The van der Waals surface area contributed by atoms with E-state index in [4.69, 9.17) is 0 Å². The predicted octanol–water partition coefficient (Wildman–Crippen LogP) is 38.2. The van der Waals surface area contributed by atoms with Crippen LogP contribution >= 0.6 is 0 Å². The van der Waals surface area contributed by atoms with Gasteiger partial charge >= 0.3 is 0 Å². The standard InChI is InChI=1S/3C16H23N.4C15H21N.C15H23N.C14H19N/c1-11(2)14-8-9-16-15(10-14)7-6-13(5)17(16)12(3)4;1-11(2)15-9-8-14-7-6-13(5)17(12(3)4)16(14)10-15;1-11(2)14-7-6-8-16-15(14)10-9-13(5)17(16)12(3)4;1-10(2)13-6-7-15-14(9-13)8-12(5)16(15)11(3)4;1-10(2)13-6-7-14-8-12(5)16(11(3)4)15(14)9-13;1-11(2)16-9-8-12-6-7-13(10-14(12)16)15(3,4)5;1-10(2)13-7-6-8-15-14(13)9-12(5)16(15)11(3)4;1-11(2)14-7-5-6-13-10-16(12(3)4)9-8-15(13)14;1-10(2)12-5-6-14-13(9-12)7-8-15(14)11(3)4/h2*8-12H,5-7H2,1-4H3;6-8,11-12H,5,9-10H2,1-4H3;2*6-7,9-11H,5,8H2,1-4H3;6-11H,1-5H3;6-8,10-11H,5,9H2,1-4H3;5-7,11-12H,8-10H2,1-4H3;5-11H,1-4H3. The summed E-state index contributed by atoms with van der Waals surface area (Å²) in [6.07, 6.45) is 15.3. The number of aromatic nitrogens is 2. The first kappa shape index (κ1) is 117. The molecule has 0 aliphatic carbocycles. The molecule has 0 spiro atoms. The number of rotatable bonds is 17. The van der Waals surface area contributed by atoms with Crippen molar-refractivity contribution in [1.29, 1.82) is 0 Å². The Kier molecular flexibility index (Phi) is 41.3. The minimum absolute atomic E-state index is 0.222. The number of hydrogen-bond donors (Lipinski definition) is 0. The second-order valence-electron chi connectivity index (χ2n) is 48.5. The Morgan fingerprint density at radius 2 is 0.596 bits per heavy atom. The van der Waals surface area contributed by atoms with E-state index in [0.717, 1.165) is 64.3 Å². The maximum atomic E-state index is 4.22. The normalized spacial score (nSPS) is 14.9. The molecule has 9 nitrogen and oxygen atoms in total. The van der Waals surface area contributed by atoms with Crippen LogP contribution < -0.4 is 29.4 Å². The molecule has 11 aromatic rings. The van der Waals surface area contributed by atoms with E-state index in [9.17, 15) is 0 Å². The summed E-state index contributed by atoms with van der Waals surface area (Å²) >= 11 is 0. The maximum Gasteiger partial charge on any atom is 0.0485 e. The Morgan fingerprint density at radius 1 is 0.233 bits per heavy atom. The Bertz CT molecular complexity index is 6220. The molecular weight excluding hydrogens is 1770 g/mol. The molecule has 146 heavy (non-hydrogen) atoms. The van der Waals surface area contributed by atoms with Crippen molar-refractivity contribution in [1.82, 2.24) is 14.0 Å². The minimum atomic E-state index is 0.222. The zero-order chi connectivity index (χ0) is 108. The van der Waals surface area contributed by atoms with Crippen molar-refractivity contribution in [3.63, 3.8) is 0 Å². The van der Waals surface area contributed by atoms with Crippen molar-refractivity contribution in [3.05, 3.63) is 357 Å². The summed E-state index contributed by atoms with van der Waals surface area (Å²) < 4.78 is 4.66. The van der Waals surface area contributed by atoms with Crippen LogP contribution in [0.25, 0.3) is 21.8 Å². The molecule has 0 radical (unpaired) electrons. The van der Waals surface area contributed by atoms with Crippen LogP contribution in [0, 0.1) is 0 Å². The van der Waals surface area contributed by atoms with Gasteiger partial charge in [0.25, 0.3) is 0 Å². The lowest BCUT2D eigenvalue weighted by molar-refractivity contribution is 0.203. The smallest absolute Gasteiger partial charge is 0.0485 e. The molecule has 0 saturated heterocycles. The molecule has 0 fully saturated rings. The van der Waals surface area contributed by atoms with Crippen molar-refractivity contribution in [2.24, 2.45) is 0 Å². The third-order valence-corrected chi connectivity index (χ3v) is 30.4. The first-order valence-electron chi connectivity index (χ1n) is 56.3. The molecule has 2 aromatic heterocycles. The fourth-order valence-corrected chi connectivity index (χ4v) is 22.3. The third kappa shape index (κ3) is 28.6. The molecular formula is C137H195N9. The number of allylic oxidation sites excluding steroid dienone is 6. The van der Waals surface area contributed by atoms with Gasteiger partial charge in [0.05, 0.1) is 0 Å². The monoisotopic (exact) mass is 1970 g/mol. The Labute approximate surface area is 890 Å². The lowest BCUT2D eigenvalue weighted by Crippen LogP contribution is -2.36. The van der Waals surface area contributed by atoms with Crippen molar-refractivity contribution in [3.8, 4) is 0 Å². The van der Waals surface area contributed by atoms with E-state index in [-0.39, 0.29) is 5.41 Å². The van der Waals surface area contributed by atoms with Crippen LogP contribution in [-0.4, -0.2) is 62.9 Å². The molecule has 0 unspecified atom stereocenters. The van der Waals surface area contributed by atoms with Gasteiger partial charge in [0, 0.05) is 178 Å². The summed E-state index contributed by atoms with van der Waals surface area (Å²) in [7, 11) is 0. The van der Waals surface area contributed by atoms with Gasteiger partial charge in [-0.15, -0.1) is 0 Å². The molecule has 7 aliphatic heterocycles. The molecule has 9 heteroatoms. The number of benzene rings is 9. The molecule has 9 heterocycles. The van der Waals surface area contributed by atoms with E-state index in [1.807, 2.05) is 0 Å². The van der Waals surface area contributed by atoms with Gasteiger partial charge in [0.15, 0.2) is 0 Å². The van der Waals surface area contributed by atoms with Crippen LogP contribution in [-0.2, 0) is 56.9 Å². The second kappa shape index (κ2) is 51.5. The molecule has 7 aliphatic rings. The average molecular weight is 1970 g/mol. The van der Waals surface area contributed by atoms with Crippen molar-refractivity contribution in [2.45, 2.75) is 434 Å². The van der Waals surface area contributed by atoms with E-state index in [2.05, 4.69) is 527 Å². The molecule has 0 N–H and O–H groups in total. The fraction of sp³-hybridized carbons (Fsp3) is 0.489.